The Morgan fingerprint density at radius 2 is 2.04 bits per heavy atom. The molecule has 6 nitrogen and oxygen atoms in total. The molecule has 148 valence electrons. The van der Waals surface area contributed by atoms with Gasteiger partial charge in [0.2, 0.25) is 5.91 Å². The van der Waals surface area contributed by atoms with Crippen molar-refractivity contribution in [3.63, 3.8) is 0 Å². The van der Waals surface area contributed by atoms with Crippen LogP contribution in [0.5, 0.6) is 0 Å². The molecule has 0 aromatic heterocycles. The average molecular weight is 444 g/mol. The molecule has 0 bridgehead atoms. The highest BCUT2D eigenvalue weighted by Gasteiger charge is 2.23. The van der Waals surface area contributed by atoms with E-state index in [9.17, 15) is 4.79 Å². The minimum atomic E-state index is -0.0702. The lowest BCUT2D eigenvalue weighted by molar-refractivity contribution is -0.114. The summed E-state index contributed by atoms with van der Waals surface area (Å²) in [7, 11) is 1.78. The molecule has 7 heteroatoms. The topological polar surface area (TPSA) is 68.8 Å². The lowest BCUT2D eigenvalue weighted by Gasteiger charge is -2.20. The number of rotatable bonds is 5. The van der Waals surface area contributed by atoms with Crippen LogP contribution >= 0.6 is 15.9 Å². The number of nitrogens with one attached hydrogen (secondary N) is 3. The van der Waals surface area contributed by atoms with Crippen molar-refractivity contribution in [2.45, 2.75) is 25.9 Å². The molecular formula is C21H26BrN5O. The number of anilines is 2. The number of nitrogens with zero attached hydrogens (tertiary/aromatic N) is 2. The van der Waals surface area contributed by atoms with E-state index in [1.54, 1.807) is 7.05 Å². The van der Waals surface area contributed by atoms with Gasteiger partial charge in [0.15, 0.2) is 5.96 Å². The van der Waals surface area contributed by atoms with Crippen LogP contribution in [0.3, 0.4) is 0 Å². The maximum absolute atomic E-state index is 11.2. The summed E-state index contributed by atoms with van der Waals surface area (Å²) in [6.45, 7) is 4.11. The lowest BCUT2D eigenvalue weighted by Crippen LogP contribution is -2.44. The summed E-state index contributed by atoms with van der Waals surface area (Å²) in [5, 5.41) is 9.68. The summed E-state index contributed by atoms with van der Waals surface area (Å²) in [4.78, 5) is 17.9. The third-order valence-corrected chi connectivity index (χ3v) is 5.18. The van der Waals surface area contributed by atoms with E-state index in [1.165, 1.54) is 12.6 Å². The van der Waals surface area contributed by atoms with E-state index in [1.807, 2.05) is 24.3 Å². The zero-order chi connectivity index (χ0) is 19.9. The van der Waals surface area contributed by atoms with Crippen LogP contribution in [0.2, 0.25) is 0 Å². The van der Waals surface area contributed by atoms with Crippen LogP contribution in [-0.4, -0.2) is 38.0 Å². The molecule has 2 aromatic carbocycles. The van der Waals surface area contributed by atoms with Crippen LogP contribution in [0.1, 0.15) is 18.9 Å². The van der Waals surface area contributed by atoms with Crippen LogP contribution in [0.4, 0.5) is 11.4 Å². The maximum atomic E-state index is 11.2. The van der Waals surface area contributed by atoms with Gasteiger partial charge in [-0.1, -0.05) is 28.1 Å². The van der Waals surface area contributed by atoms with E-state index in [4.69, 9.17) is 0 Å². The van der Waals surface area contributed by atoms with Crippen molar-refractivity contribution < 1.29 is 4.79 Å². The molecule has 1 heterocycles. The first kappa shape index (κ1) is 20.2. The first-order valence-corrected chi connectivity index (χ1v) is 10.2. The highest BCUT2D eigenvalue weighted by molar-refractivity contribution is 9.10. The van der Waals surface area contributed by atoms with Crippen LogP contribution in [0, 0.1) is 0 Å². The molecule has 1 aliphatic rings. The summed E-state index contributed by atoms with van der Waals surface area (Å²) >= 11 is 3.48. The molecule has 0 spiro atoms. The molecule has 3 rings (SSSR count). The average Bonchev–Trinajstić information content (AvgIpc) is 3.14. The number of carbonyl (C=O) groups is 1. The molecule has 1 fully saturated rings. The molecule has 28 heavy (non-hydrogen) atoms. The molecule has 1 saturated heterocycles. The number of hydrogen-bond donors (Lipinski definition) is 3. The third kappa shape index (κ3) is 5.73. The predicted molar refractivity (Wildman–Crippen MR) is 119 cm³/mol. The number of guanidine groups is 1. The van der Waals surface area contributed by atoms with Gasteiger partial charge in [-0.15, -0.1) is 0 Å². The van der Waals surface area contributed by atoms with Crippen molar-refractivity contribution in [3.8, 4) is 0 Å². The number of carbonyl (C=O) groups excluding carboxylic acids is 1. The van der Waals surface area contributed by atoms with Crippen LogP contribution in [0.15, 0.2) is 58.0 Å². The molecule has 3 N–H and O–H groups in total. The van der Waals surface area contributed by atoms with Gasteiger partial charge >= 0.3 is 0 Å². The Labute approximate surface area is 174 Å². The molecule has 1 unspecified atom stereocenters. The second-order valence-corrected chi connectivity index (χ2v) is 7.78. The number of halogens is 1. The lowest BCUT2D eigenvalue weighted by atomic mass is 10.2. The van der Waals surface area contributed by atoms with Crippen LogP contribution < -0.4 is 20.9 Å². The minimum absolute atomic E-state index is 0.0702. The van der Waals surface area contributed by atoms with Crippen LogP contribution in [0.25, 0.3) is 0 Å². The Kier molecular flexibility index (Phi) is 6.92. The van der Waals surface area contributed by atoms with Crippen LogP contribution in [-0.2, 0) is 11.3 Å². The van der Waals surface area contributed by atoms with Gasteiger partial charge in [0.1, 0.15) is 0 Å². The fourth-order valence-corrected chi connectivity index (χ4v) is 3.56. The SMILES string of the molecule is CN=C(NCc1cccc(NC(C)=O)c1)NC1CCN(c2ccc(Br)cc2)C1. The number of aliphatic imine (C=N–C) groups is 1. The maximum Gasteiger partial charge on any atom is 0.221 e. The van der Waals surface area contributed by atoms with Gasteiger partial charge in [-0.25, -0.2) is 0 Å². The second-order valence-electron chi connectivity index (χ2n) is 6.86. The van der Waals surface area contributed by atoms with Crippen molar-refractivity contribution in [2.75, 3.05) is 30.4 Å². The van der Waals surface area contributed by atoms with Crippen molar-refractivity contribution >= 4 is 39.2 Å². The normalized spacial score (nSPS) is 16.8. The van der Waals surface area contributed by atoms with Crippen molar-refractivity contribution in [2.24, 2.45) is 4.99 Å². The monoisotopic (exact) mass is 443 g/mol. The Morgan fingerprint density at radius 3 is 2.75 bits per heavy atom. The molecule has 1 atom stereocenters. The molecule has 1 aliphatic heterocycles. The summed E-state index contributed by atoms with van der Waals surface area (Å²) in [5.41, 5.74) is 3.12. The molecule has 1 amide bonds. The quantitative estimate of drug-likeness (QED) is 0.489. The highest BCUT2D eigenvalue weighted by Crippen LogP contribution is 2.22. The summed E-state index contributed by atoms with van der Waals surface area (Å²) in [6.07, 6.45) is 1.06. The van der Waals surface area contributed by atoms with Gasteiger partial charge in [0, 0.05) is 55.5 Å². The van der Waals surface area contributed by atoms with Crippen molar-refractivity contribution in [1.29, 1.82) is 0 Å². The van der Waals surface area contributed by atoms with Gasteiger partial charge in [0.05, 0.1) is 0 Å². The Morgan fingerprint density at radius 1 is 1.25 bits per heavy atom. The largest absolute Gasteiger partial charge is 0.369 e. The first-order chi connectivity index (χ1) is 13.5. The van der Waals surface area contributed by atoms with Crippen molar-refractivity contribution in [1.82, 2.24) is 10.6 Å². The molecule has 0 saturated carbocycles. The Balaban J connectivity index is 1.51. The Bertz CT molecular complexity index is 837. The standard InChI is InChI=1S/C21H26BrN5O/c1-15(28)25-18-5-3-4-16(12-18)13-24-21(23-2)26-19-10-11-27(14-19)20-8-6-17(22)7-9-20/h3-9,12,19H,10-11,13-14H2,1-2H3,(H,25,28)(H2,23,24,26). The zero-order valence-electron chi connectivity index (χ0n) is 16.2. The number of hydrogen-bond acceptors (Lipinski definition) is 3. The van der Waals surface area contributed by atoms with Gasteiger partial charge in [-0.2, -0.15) is 0 Å². The predicted octanol–water partition coefficient (Wildman–Crippen LogP) is 3.35. The molecular weight excluding hydrogens is 418 g/mol. The van der Waals surface area contributed by atoms with Crippen molar-refractivity contribution in [3.05, 3.63) is 58.6 Å². The van der Waals surface area contributed by atoms with Gasteiger partial charge < -0.3 is 20.9 Å². The summed E-state index contributed by atoms with van der Waals surface area (Å²) < 4.78 is 1.09. The minimum Gasteiger partial charge on any atom is -0.369 e. The second kappa shape index (κ2) is 9.59. The van der Waals surface area contributed by atoms with E-state index in [0.29, 0.717) is 12.6 Å². The molecule has 2 aromatic rings. The number of amides is 1. The summed E-state index contributed by atoms with van der Waals surface area (Å²) in [5.74, 6) is 0.715. The van der Waals surface area contributed by atoms with E-state index in [0.717, 1.165) is 41.2 Å². The zero-order valence-corrected chi connectivity index (χ0v) is 17.8. The van der Waals surface area contributed by atoms with Gasteiger partial charge in [0.25, 0.3) is 0 Å². The summed E-state index contributed by atoms with van der Waals surface area (Å²) in [6, 6.07) is 16.6. The fraction of sp³-hybridized carbons (Fsp3) is 0.333. The van der Waals surface area contributed by atoms with E-state index < -0.39 is 0 Å². The number of benzene rings is 2. The highest BCUT2D eigenvalue weighted by atomic mass is 79.9. The Hall–Kier alpha value is -2.54. The molecule has 0 aliphatic carbocycles. The third-order valence-electron chi connectivity index (χ3n) is 4.65. The fourth-order valence-electron chi connectivity index (χ4n) is 3.30. The smallest absolute Gasteiger partial charge is 0.221 e. The van der Waals surface area contributed by atoms with E-state index in [2.05, 4.69) is 66.0 Å². The van der Waals surface area contributed by atoms with E-state index in [-0.39, 0.29) is 5.91 Å². The molecule has 0 radical (unpaired) electrons. The van der Waals surface area contributed by atoms with Gasteiger partial charge in [-0.05, 0) is 48.4 Å². The van der Waals surface area contributed by atoms with Gasteiger partial charge in [-0.3, -0.25) is 9.79 Å². The first-order valence-electron chi connectivity index (χ1n) is 9.38. The van der Waals surface area contributed by atoms with E-state index >= 15 is 0 Å².